The van der Waals surface area contributed by atoms with E-state index in [1.165, 1.54) is 0 Å². The molecule has 10 heteroatoms. The number of rotatable bonds is 9. The summed E-state index contributed by atoms with van der Waals surface area (Å²) in [4.78, 5) is 30.2. The zero-order valence-electron chi connectivity index (χ0n) is 23.6. The minimum atomic E-state index is -0.766. The number of H-pyrrole nitrogens is 1. The average molecular weight is 592 g/mol. The van der Waals surface area contributed by atoms with Gasteiger partial charge in [0.1, 0.15) is 17.5 Å². The summed E-state index contributed by atoms with van der Waals surface area (Å²) in [6, 6.07) is 20.3. The van der Waals surface area contributed by atoms with E-state index >= 15 is 0 Å². The number of aryl methyl sites for hydroxylation is 1. The highest BCUT2D eigenvalue weighted by Crippen LogP contribution is 2.40. The number of halogens is 1. The molecule has 0 radical (unpaired) electrons. The zero-order chi connectivity index (χ0) is 29.6. The number of aromatic nitrogens is 1. The van der Waals surface area contributed by atoms with Gasteiger partial charge in [-0.25, -0.2) is 9.59 Å². The number of carbonyl (C=O) groups is 2. The number of fused-ring (bicyclic) bond motifs is 3. The van der Waals surface area contributed by atoms with Gasteiger partial charge in [-0.15, -0.1) is 0 Å². The summed E-state index contributed by atoms with van der Waals surface area (Å²) in [6.45, 7) is 4.77. The average Bonchev–Trinajstić information content (AvgIpc) is 3.35. The molecule has 9 nitrogen and oxygen atoms in total. The molecule has 0 bridgehead atoms. The molecule has 3 aromatic carbocycles. The molecule has 220 valence electrons. The van der Waals surface area contributed by atoms with Crippen LogP contribution >= 0.6 is 11.6 Å². The van der Waals surface area contributed by atoms with E-state index in [4.69, 9.17) is 25.8 Å². The third-order valence-electron chi connectivity index (χ3n) is 7.22. The number of benzene rings is 3. The van der Waals surface area contributed by atoms with Crippen LogP contribution in [0.2, 0.25) is 5.02 Å². The molecule has 42 heavy (non-hydrogen) atoms. The van der Waals surface area contributed by atoms with Crippen LogP contribution in [0.4, 0.5) is 9.59 Å². The lowest BCUT2D eigenvalue weighted by Gasteiger charge is -2.35. The molecule has 0 aliphatic carbocycles. The van der Waals surface area contributed by atoms with Gasteiger partial charge in [0.2, 0.25) is 0 Å². The predicted molar refractivity (Wildman–Crippen MR) is 160 cm³/mol. The quantitative estimate of drug-likeness (QED) is 0.215. The van der Waals surface area contributed by atoms with Crippen molar-refractivity contribution in [2.75, 3.05) is 26.3 Å². The first-order valence-corrected chi connectivity index (χ1v) is 14.4. The van der Waals surface area contributed by atoms with Crippen LogP contribution in [0, 0.1) is 6.92 Å². The standard InChI is InChI=1S/C32H34ClN3O6/c1-3-40-31(38)34-19-23(37)15-17-41-24-11-6-21(7-12-24)30-29-26(27-18-22(33)8-13-28(27)35-29)14-16-36(30)32(39)42-25-9-4-20(2)5-10-25/h4-13,18,23,30,35,37H,3,14-17,19H2,1-2H3,(H,34,38). The highest BCUT2D eigenvalue weighted by atomic mass is 35.5. The first-order valence-electron chi connectivity index (χ1n) is 14.0. The number of aliphatic hydroxyl groups is 1. The third-order valence-corrected chi connectivity index (χ3v) is 7.46. The molecule has 3 N–H and O–H groups in total. The van der Waals surface area contributed by atoms with Crippen LogP contribution in [0.3, 0.4) is 0 Å². The van der Waals surface area contributed by atoms with Gasteiger partial charge >= 0.3 is 12.2 Å². The Morgan fingerprint density at radius 3 is 2.57 bits per heavy atom. The van der Waals surface area contributed by atoms with E-state index in [0.29, 0.717) is 35.9 Å². The van der Waals surface area contributed by atoms with Gasteiger partial charge in [0.25, 0.3) is 0 Å². The van der Waals surface area contributed by atoms with E-state index in [1.54, 1.807) is 24.0 Å². The molecule has 1 aliphatic rings. The summed E-state index contributed by atoms with van der Waals surface area (Å²) in [6.07, 6.45) is -0.774. The van der Waals surface area contributed by atoms with Crippen molar-refractivity contribution >= 4 is 34.7 Å². The molecular formula is C32H34ClN3O6. The first-order chi connectivity index (χ1) is 20.3. The van der Waals surface area contributed by atoms with Crippen molar-refractivity contribution in [1.82, 2.24) is 15.2 Å². The Kier molecular flexibility index (Phi) is 9.19. The molecular weight excluding hydrogens is 558 g/mol. The Morgan fingerprint density at radius 2 is 1.83 bits per heavy atom. The van der Waals surface area contributed by atoms with Crippen molar-refractivity contribution in [3.05, 3.63) is 94.1 Å². The molecule has 4 aromatic rings. The summed E-state index contributed by atoms with van der Waals surface area (Å²) < 4.78 is 16.4. The van der Waals surface area contributed by atoms with Crippen LogP contribution < -0.4 is 14.8 Å². The second kappa shape index (κ2) is 13.2. The number of amides is 2. The number of alkyl carbamates (subject to hydrolysis) is 1. The van der Waals surface area contributed by atoms with Gasteiger partial charge in [-0.3, -0.25) is 4.90 Å². The monoisotopic (exact) mass is 591 g/mol. The van der Waals surface area contributed by atoms with Gasteiger partial charge in [-0.2, -0.15) is 0 Å². The van der Waals surface area contributed by atoms with Crippen LogP contribution in [-0.4, -0.2) is 59.6 Å². The molecule has 0 saturated heterocycles. The summed E-state index contributed by atoms with van der Waals surface area (Å²) in [5.41, 5.74) is 4.98. The maximum absolute atomic E-state index is 13.5. The smallest absolute Gasteiger partial charge is 0.416 e. The van der Waals surface area contributed by atoms with E-state index in [-0.39, 0.29) is 19.8 Å². The van der Waals surface area contributed by atoms with Crippen molar-refractivity contribution in [3.63, 3.8) is 0 Å². The minimum absolute atomic E-state index is 0.0787. The van der Waals surface area contributed by atoms with Crippen LogP contribution in [0.25, 0.3) is 10.9 Å². The molecule has 5 rings (SSSR count). The maximum Gasteiger partial charge on any atom is 0.416 e. The molecule has 0 saturated carbocycles. The number of carbonyl (C=O) groups excluding carboxylic acids is 2. The maximum atomic E-state index is 13.5. The Hall–Kier alpha value is -4.21. The molecule has 2 heterocycles. The highest BCUT2D eigenvalue weighted by molar-refractivity contribution is 6.31. The van der Waals surface area contributed by atoms with Gasteiger partial charge in [0.05, 0.1) is 19.3 Å². The van der Waals surface area contributed by atoms with Gasteiger partial charge in [0.15, 0.2) is 0 Å². The number of hydrogen-bond acceptors (Lipinski definition) is 6. The van der Waals surface area contributed by atoms with Crippen molar-refractivity contribution in [1.29, 1.82) is 0 Å². The summed E-state index contributed by atoms with van der Waals surface area (Å²) >= 11 is 6.32. The molecule has 2 atom stereocenters. The second-order valence-corrected chi connectivity index (χ2v) is 10.6. The fourth-order valence-corrected chi connectivity index (χ4v) is 5.29. The van der Waals surface area contributed by atoms with E-state index in [9.17, 15) is 14.7 Å². The van der Waals surface area contributed by atoms with Crippen molar-refractivity contribution in [2.24, 2.45) is 0 Å². The number of nitrogens with zero attached hydrogens (tertiary/aromatic N) is 1. The molecule has 0 fully saturated rings. The van der Waals surface area contributed by atoms with Gasteiger partial charge in [0, 0.05) is 41.1 Å². The van der Waals surface area contributed by atoms with Crippen LogP contribution in [0.15, 0.2) is 66.7 Å². The van der Waals surface area contributed by atoms with Crippen molar-refractivity contribution in [2.45, 2.75) is 38.8 Å². The second-order valence-electron chi connectivity index (χ2n) is 10.2. The minimum Gasteiger partial charge on any atom is -0.493 e. The summed E-state index contributed by atoms with van der Waals surface area (Å²) in [5, 5.41) is 14.3. The predicted octanol–water partition coefficient (Wildman–Crippen LogP) is 6.15. The van der Waals surface area contributed by atoms with Crippen LogP contribution in [-0.2, 0) is 11.2 Å². The first kappa shape index (κ1) is 29.3. The Bertz CT molecular complexity index is 1540. The molecule has 0 spiro atoms. The summed E-state index contributed by atoms with van der Waals surface area (Å²) in [7, 11) is 0. The number of nitrogens with one attached hydrogen (secondary N) is 2. The van der Waals surface area contributed by atoms with Gasteiger partial charge < -0.3 is 29.6 Å². The van der Waals surface area contributed by atoms with E-state index in [1.807, 2.05) is 61.5 Å². The highest BCUT2D eigenvalue weighted by Gasteiger charge is 2.35. The summed E-state index contributed by atoms with van der Waals surface area (Å²) in [5.74, 6) is 1.11. The number of aliphatic hydroxyl groups excluding tert-OH is 1. The van der Waals surface area contributed by atoms with Gasteiger partial charge in [-0.05, 0) is 73.9 Å². The number of hydrogen-bond donors (Lipinski definition) is 3. The normalized spacial score (nSPS) is 15.1. The van der Waals surface area contributed by atoms with Crippen LogP contribution in [0.5, 0.6) is 11.5 Å². The largest absolute Gasteiger partial charge is 0.493 e. The van der Waals surface area contributed by atoms with E-state index < -0.39 is 24.3 Å². The SMILES string of the molecule is CCOC(=O)NCC(O)CCOc1ccc(C2c3[nH]c4ccc(Cl)cc4c3CCN2C(=O)Oc2ccc(C)cc2)cc1. The lowest BCUT2D eigenvalue weighted by molar-refractivity contribution is 0.120. The Balaban J connectivity index is 1.33. The molecule has 2 unspecified atom stereocenters. The third kappa shape index (κ3) is 6.80. The lowest BCUT2D eigenvalue weighted by atomic mass is 9.92. The lowest BCUT2D eigenvalue weighted by Crippen LogP contribution is -2.42. The van der Waals surface area contributed by atoms with E-state index in [0.717, 1.165) is 33.3 Å². The van der Waals surface area contributed by atoms with Crippen LogP contribution in [0.1, 0.15) is 41.8 Å². The molecule has 1 aromatic heterocycles. The fourth-order valence-electron chi connectivity index (χ4n) is 5.11. The number of aromatic amines is 1. The van der Waals surface area contributed by atoms with Crippen molar-refractivity contribution < 1.29 is 28.9 Å². The van der Waals surface area contributed by atoms with E-state index in [2.05, 4.69) is 10.3 Å². The zero-order valence-corrected chi connectivity index (χ0v) is 24.3. The topological polar surface area (TPSA) is 113 Å². The van der Waals surface area contributed by atoms with Crippen molar-refractivity contribution in [3.8, 4) is 11.5 Å². The van der Waals surface area contributed by atoms with Gasteiger partial charge in [-0.1, -0.05) is 41.4 Å². The molecule has 2 amide bonds. The number of ether oxygens (including phenoxy) is 3. The Morgan fingerprint density at radius 1 is 1.10 bits per heavy atom. The Labute approximate surface area is 249 Å². The molecule has 1 aliphatic heterocycles. The fraction of sp³-hybridized carbons (Fsp3) is 0.312.